The lowest BCUT2D eigenvalue weighted by Crippen LogP contribution is -2.31. The van der Waals surface area contributed by atoms with E-state index >= 15 is 0 Å². The van der Waals surface area contributed by atoms with Crippen LogP contribution in [0, 0.1) is 5.82 Å². The summed E-state index contributed by atoms with van der Waals surface area (Å²) in [5.41, 5.74) is 2.50. The van der Waals surface area contributed by atoms with Gasteiger partial charge >= 0.3 is 18.2 Å². The van der Waals surface area contributed by atoms with E-state index in [0.29, 0.717) is 34.4 Å². The second-order valence-electron chi connectivity index (χ2n) is 11.5. The van der Waals surface area contributed by atoms with Crippen LogP contribution in [-0.2, 0) is 32.4 Å². The molecule has 1 heterocycles. The molecule has 1 unspecified atom stereocenters. The molecular formula is C35H33F4NO5. The molecule has 3 atom stereocenters. The average molecular weight is 624 g/mol. The van der Waals surface area contributed by atoms with Gasteiger partial charge in [0.1, 0.15) is 17.7 Å². The first-order chi connectivity index (χ1) is 21.3. The van der Waals surface area contributed by atoms with Gasteiger partial charge in [-0.05, 0) is 85.0 Å². The molecule has 3 aromatic carbocycles. The summed E-state index contributed by atoms with van der Waals surface area (Å²) in [5, 5.41) is 0. The average Bonchev–Trinajstić information content (AvgIpc) is 3.29. The van der Waals surface area contributed by atoms with Crippen LogP contribution >= 0.6 is 0 Å². The van der Waals surface area contributed by atoms with Crippen molar-refractivity contribution in [1.29, 1.82) is 0 Å². The van der Waals surface area contributed by atoms with E-state index in [2.05, 4.69) is 0 Å². The van der Waals surface area contributed by atoms with Crippen LogP contribution in [0.2, 0.25) is 0 Å². The summed E-state index contributed by atoms with van der Waals surface area (Å²) in [5.74, 6) is -0.494. The molecule has 0 bridgehead atoms. The van der Waals surface area contributed by atoms with Gasteiger partial charge in [-0.15, -0.1) is 0 Å². The van der Waals surface area contributed by atoms with Crippen molar-refractivity contribution in [2.75, 3.05) is 14.2 Å². The summed E-state index contributed by atoms with van der Waals surface area (Å²) < 4.78 is 71.9. The van der Waals surface area contributed by atoms with E-state index in [1.165, 1.54) is 43.4 Å². The van der Waals surface area contributed by atoms with Gasteiger partial charge in [0.15, 0.2) is 0 Å². The molecule has 0 spiro atoms. The highest BCUT2D eigenvalue weighted by atomic mass is 19.4. The monoisotopic (exact) mass is 623 g/mol. The molecule has 6 nitrogen and oxygen atoms in total. The first kappa shape index (κ1) is 31.8. The summed E-state index contributed by atoms with van der Waals surface area (Å²) in [7, 11) is 2.80. The molecule has 2 aliphatic rings. The van der Waals surface area contributed by atoms with Gasteiger partial charge in [0.2, 0.25) is 0 Å². The molecule has 1 aliphatic carbocycles. The minimum Gasteiger partial charge on any atom is -0.496 e. The molecular weight excluding hydrogens is 590 g/mol. The Kier molecular flexibility index (Phi) is 8.53. The van der Waals surface area contributed by atoms with Crippen molar-refractivity contribution in [3.63, 3.8) is 0 Å². The van der Waals surface area contributed by atoms with E-state index in [1.54, 1.807) is 25.1 Å². The molecule has 1 saturated heterocycles. The number of ether oxygens (including phenoxy) is 3. The fourth-order valence-electron chi connectivity index (χ4n) is 5.98. The Balaban J connectivity index is 1.57. The van der Waals surface area contributed by atoms with E-state index in [4.69, 9.17) is 14.2 Å². The molecule has 1 amide bonds. The number of cyclic esters (lactones) is 1. The van der Waals surface area contributed by atoms with Gasteiger partial charge in [-0.2, -0.15) is 13.2 Å². The minimum absolute atomic E-state index is 0.195. The number of hydrogen-bond donors (Lipinski definition) is 0. The Morgan fingerprint density at radius 2 is 1.82 bits per heavy atom. The van der Waals surface area contributed by atoms with Gasteiger partial charge in [-0.1, -0.05) is 42.8 Å². The zero-order valence-electron chi connectivity index (χ0n) is 25.5. The number of hydrogen-bond acceptors (Lipinski definition) is 5. The Hall–Kier alpha value is -4.60. The number of rotatable bonds is 7. The summed E-state index contributed by atoms with van der Waals surface area (Å²) in [4.78, 5) is 26.5. The van der Waals surface area contributed by atoms with Crippen LogP contribution < -0.4 is 4.74 Å². The number of benzene rings is 3. The first-order valence-corrected chi connectivity index (χ1v) is 14.4. The topological polar surface area (TPSA) is 65.1 Å². The van der Waals surface area contributed by atoms with Gasteiger partial charge < -0.3 is 14.2 Å². The number of halogens is 4. The van der Waals surface area contributed by atoms with Crippen molar-refractivity contribution in [2.45, 2.75) is 57.5 Å². The second-order valence-corrected chi connectivity index (χ2v) is 11.5. The number of nitrogens with zero attached hydrogens (tertiary/aromatic N) is 1. The van der Waals surface area contributed by atoms with E-state index in [9.17, 15) is 27.2 Å². The summed E-state index contributed by atoms with van der Waals surface area (Å²) in [6, 6.07) is 14.1. The zero-order chi connectivity index (χ0) is 32.7. The largest absolute Gasteiger partial charge is 0.496 e. The van der Waals surface area contributed by atoms with E-state index < -0.39 is 47.2 Å². The van der Waals surface area contributed by atoms with Crippen molar-refractivity contribution in [2.24, 2.45) is 0 Å². The van der Waals surface area contributed by atoms with Crippen LogP contribution in [0.3, 0.4) is 0 Å². The van der Waals surface area contributed by atoms with Crippen molar-refractivity contribution in [3.05, 3.63) is 112 Å². The molecule has 3 aromatic rings. The Morgan fingerprint density at radius 1 is 1.07 bits per heavy atom. The quantitative estimate of drug-likeness (QED) is 0.196. The molecule has 0 saturated carbocycles. The number of esters is 1. The number of carbonyl (C=O) groups is 2. The molecule has 1 aliphatic heterocycles. The van der Waals surface area contributed by atoms with Crippen LogP contribution in [0.5, 0.6) is 5.75 Å². The third-order valence-electron chi connectivity index (χ3n) is 8.86. The van der Waals surface area contributed by atoms with Gasteiger partial charge in [0.25, 0.3) is 0 Å². The van der Waals surface area contributed by atoms with Crippen molar-refractivity contribution in [1.82, 2.24) is 4.90 Å². The first-order valence-electron chi connectivity index (χ1n) is 14.4. The molecule has 0 aromatic heterocycles. The number of amides is 1. The fourth-order valence-corrected chi connectivity index (χ4v) is 5.98. The van der Waals surface area contributed by atoms with Gasteiger partial charge in [-0.25, -0.2) is 14.0 Å². The molecule has 236 valence electrons. The third-order valence-corrected chi connectivity index (χ3v) is 8.86. The van der Waals surface area contributed by atoms with E-state index in [1.807, 2.05) is 32.1 Å². The Labute approximate surface area is 258 Å². The molecule has 10 heteroatoms. The lowest BCUT2D eigenvalue weighted by Gasteiger charge is -2.34. The Bertz CT molecular complexity index is 1710. The van der Waals surface area contributed by atoms with E-state index in [-0.39, 0.29) is 12.1 Å². The maximum atomic E-state index is 13.9. The highest BCUT2D eigenvalue weighted by Crippen LogP contribution is 2.45. The maximum Gasteiger partial charge on any atom is 0.416 e. The van der Waals surface area contributed by atoms with Gasteiger partial charge in [0.05, 0.1) is 37.9 Å². The zero-order valence-corrected chi connectivity index (χ0v) is 25.5. The smallest absolute Gasteiger partial charge is 0.416 e. The molecule has 1 fully saturated rings. The summed E-state index contributed by atoms with van der Waals surface area (Å²) >= 11 is 0. The third kappa shape index (κ3) is 6.06. The summed E-state index contributed by atoms with van der Waals surface area (Å²) in [6.07, 6.45) is -2.07. The standard InChI is InChI=1S/C35H33F4NO5/c1-20-15-23(32(41)44-5)13-14-34(20,3)25-10-12-30(43-4)29(18-25)28-11-9-26(35(37,38)39)16-24(28)19-40-21(2)31(45-33(40)42)22-7-6-8-27(36)17-22/h6-13,15-18,21,31H,14,19H2,1-5H3/t21-,31-,34?/m0/s1. The van der Waals surface area contributed by atoms with Crippen LogP contribution in [0.15, 0.2) is 84.0 Å². The van der Waals surface area contributed by atoms with Crippen LogP contribution in [0.1, 0.15) is 55.5 Å². The Morgan fingerprint density at radius 3 is 2.47 bits per heavy atom. The summed E-state index contributed by atoms with van der Waals surface area (Å²) in [6.45, 7) is 5.46. The molecule has 0 radical (unpaired) electrons. The SMILES string of the molecule is COC(=O)C1=CCC(C)(c2ccc(OC)c(-c3ccc(C(F)(F)F)cc3CN3C(=O)O[C@H](c4cccc(F)c4)[C@@H]3C)c2)C(C)=C1. The van der Waals surface area contributed by atoms with Crippen molar-refractivity contribution >= 4 is 12.1 Å². The normalized spacial score (nSPS) is 21.6. The number of allylic oxidation sites excluding steroid dienone is 2. The number of methoxy groups -OCH3 is 2. The minimum atomic E-state index is -4.62. The maximum absolute atomic E-state index is 13.9. The van der Waals surface area contributed by atoms with Crippen LogP contribution in [0.25, 0.3) is 11.1 Å². The highest BCUT2D eigenvalue weighted by Gasteiger charge is 2.41. The molecule has 5 rings (SSSR count). The lowest BCUT2D eigenvalue weighted by molar-refractivity contribution is -0.138. The highest BCUT2D eigenvalue weighted by molar-refractivity contribution is 5.92. The van der Waals surface area contributed by atoms with Crippen LogP contribution in [-0.4, -0.2) is 37.2 Å². The molecule has 0 N–H and O–H groups in total. The fraction of sp³-hybridized carbons (Fsp3) is 0.314. The molecule has 45 heavy (non-hydrogen) atoms. The lowest BCUT2D eigenvalue weighted by atomic mass is 9.70. The second kappa shape index (κ2) is 12.1. The van der Waals surface area contributed by atoms with Gasteiger partial charge in [0, 0.05) is 11.0 Å². The van der Waals surface area contributed by atoms with Gasteiger partial charge in [-0.3, -0.25) is 4.90 Å². The van der Waals surface area contributed by atoms with Crippen LogP contribution in [0.4, 0.5) is 22.4 Å². The number of carbonyl (C=O) groups excluding carboxylic acids is 2. The number of alkyl halides is 3. The predicted octanol–water partition coefficient (Wildman–Crippen LogP) is 8.31. The van der Waals surface area contributed by atoms with Crippen molar-refractivity contribution < 1.29 is 41.4 Å². The predicted molar refractivity (Wildman–Crippen MR) is 160 cm³/mol. The van der Waals surface area contributed by atoms with E-state index in [0.717, 1.165) is 23.3 Å². The van der Waals surface area contributed by atoms with Crippen molar-refractivity contribution in [3.8, 4) is 16.9 Å².